The van der Waals surface area contributed by atoms with E-state index < -0.39 is 0 Å². The summed E-state index contributed by atoms with van der Waals surface area (Å²) in [6.07, 6.45) is 2.51. The van der Waals surface area contributed by atoms with E-state index >= 15 is 0 Å². The number of nitrogens with one attached hydrogen (secondary N) is 1. The first kappa shape index (κ1) is 18.0. The van der Waals surface area contributed by atoms with Gasteiger partial charge in [-0.15, -0.1) is 10.2 Å². The third-order valence-corrected chi connectivity index (χ3v) is 6.61. The van der Waals surface area contributed by atoms with Gasteiger partial charge in [0.05, 0.1) is 11.0 Å². The van der Waals surface area contributed by atoms with Crippen molar-refractivity contribution in [1.82, 2.24) is 19.7 Å². The van der Waals surface area contributed by atoms with Crippen LogP contribution in [-0.4, -0.2) is 25.7 Å². The molecule has 1 aliphatic carbocycles. The minimum Gasteiger partial charge on any atom is -0.328 e. The Morgan fingerprint density at radius 2 is 1.86 bits per heavy atom. The number of para-hydroxylation sites is 2. The van der Waals surface area contributed by atoms with Crippen molar-refractivity contribution in [2.75, 3.05) is 5.32 Å². The molecule has 0 saturated heterocycles. The molecule has 2 aromatic heterocycles. The largest absolute Gasteiger partial charge is 0.328 e. The van der Waals surface area contributed by atoms with E-state index in [-0.39, 0.29) is 11.3 Å². The first-order valence-corrected chi connectivity index (χ1v) is 10.6. The molecular weight excluding hydrogens is 382 g/mol. The zero-order valence-electron chi connectivity index (χ0n) is 16.1. The lowest BCUT2D eigenvalue weighted by Crippen LogP contribution is -2.15. The van der Waals surface area contributed by atoms with Crippen molar-refractivity contribution in [2.24, 2.45) is 0 Å². The van der Waals surface area contributed by atoms with Gasteiger partial charge >= 0.3 is 0 Å². The lowest BCUT2D eigenvalue weighted by molar-refractivity contribution is -0.116. The molecule has 7 heteroatoms. The first-order chi connectivity index (χ1) is 14.2. The molecule has 1 N–H and O–H groups in total. The maximum absolute atomic E-state index is 12.5. The van der Waals surface area contributed by atoms with Crippen molar-refractivity contribution >= 4 is 33.4 Å². The van der Waals surface area contributed by atoms with E-state index in [9.17, 15) is 4.79 Å². The predicted molar refractivity (Wildman–Crippen MR) is 114 cm³/mol. The standard InChI is InChI=1S/C22H21N5OS/c1-15-23-17-9-5-6-10-18(17)27(15)14-11-19(28)24-21-26-25-20(29-21)22(12-13-22)16-7-3-2-4-8-16/h2-10H,11-14H2,1H3,(H,24,26,28). The smallest absolute Gasteiger partial charge is 0.227 e. The van der Waals surface area contributed by atoms with Crippen LogP contribution in [0.4, 0.5) is 5.13 Å². The highest BCUT2D eigenvalue weighted by Crippen LogP contribution is 2.54. The van der Waals surface area contributed by atoms with Crippen LogP contribution in [0.1, 0.15) is 35.7 Å². The average Bonchev–Trinajstić information content (AvgIpc) is 3.31. The van der Waals surface area contributed by atoms with Crippen molar-refractivity contribution in [1.29, 1.82) is 0 Å². The molecule has 1 aliphatic rings. The van der Waals surface area contributed by atoms with Crippen molar-refractivity contribution < 1.29 is 4.79 Å². The van der Waals surface area contributed by atoms with E-state index in [1.807, 2.05) is 37.3 Å². The lowest BCUT2D eigenvalue weighted by Gasteiger charge is -2.11. The fourth-order valence-corrected chi connectivity index (χ4v) is 4.88. The fraction of sp³-hybridized carbons (Fsp3) is 0.273. The van der Waals surface area contributed by atoms with Crippen LogP contribution < -0.4 is 5.32 Å². The van der Waals surface area contributed by atoms with Crippen LogP contribution in [0, 0.1) is 6.92 Å². The van der Waals surface area contributed by atoms with Crippen molar-refractivity contribution in [3.63, 3.8) is 0 Å². The number of anilines is 1. The minimum absolute atomic E-state index is 0.0191. The Balaban J connectivity index is 1.26. The molecule has 6 nitrogen and oxygen atoms in total. The SMILES string of the molecule is Cc1nc2ccccc2n1CCC(=O)Nc1nnc(C2(c3ccccc3)CC2)s1. The van der Waals surface area contributed by atoms with Gasteiger partial charge in [0.1, 0.15) is 10.8 Å². The molecule has 1 amide bonds. The third kappa shape index (κ3) is 3.31. The van der Waals surface area contributed by atoms with E-state index in [0.29, 0.717) is 18.1 Å². The molecular formula is C22H21N5OS. The zero-order chi connectivity index (χ0) is 19.8. The van der Waals surface area contributed by atoms with Gasteiger partial charge in [-0.05, 0) is 37.5 Å². The van der Waals surface area contributed by atoms with Crippen LogP contribution in [0.2, 0.25) is 0 Å². The molecule has 0 spiro atoms. The first-order valence-electron chi connectivity index (χ1n) is 9.77. The van der Waals surface area contributed by atoms with Crippen LogP contribution >= 0.6 is 11.3 Å². The van der Waals surface area contributed by atoms with Crippen molar-refractivity contribution in [2.45, 2.75) is 38.1 Å². The fourth-order valence-electron chi connectivity index (χ4n) is 3.85. The lowest BCUT2D eigenvalue weighted by atomic mass is 9.97. The molecule has 0 bridgehead atoms. The summed E-state index contributed by atoms with van der Waals surface area (Å²) in [5.41, 5.74) is 3.26. The Morgan fingerprint density at radius 1 is 1.10 bits per heavy atom. The number of benzene rings is 2. The summed E-state index contributed by atoms with van der Waals surface area (Å²) in [6.45, 7) is 2.55. The number of carbonyl (C=O) groups excluding carboxylic acids is 1. The molecule has 0 unspecified atom stereocenters. The number of hydrogen-bond acceptors (Lipinski definition) is 5. The Bertz CT molecular complexity index is 1180. The van der Waals surface area contributed by atoms with Crippen LogP contribution in [0.3, 0.4) is 0 Å². The second-order valence-electron chi connectivity index (χ2n) is 7.46. The summed E-state index contributed by atoms with van der Waals surface area (Å²) in [5.74, 6) is 0.852. The summed E-state index contributed by atoms with van der Waals surface area (Å²) in [4.78, 5) is 17.0. The number of aryl methyl sites for hydroxylation is 2. The third-order valence-electron chi connectivity index (χ3n) is 5.56. The molecule has 0 aliphatic heterocycles. The van der Waals surface area contributed by atoms with E-state index in [2.05, 4.69) is 49.3 Å². The molecule has 4 aromatic rings. The maximum Gasteiger partial charge on any atom is 0.227 e. The summed E-state index contributed by atoms with van der Waals surface area (Å²) in [5, 5.41) is 13.1. The highest BCUT2D eigenvalue weighted by atomic mass is 32.1. The quantitative estimate of drug-likeness (QED) is 0.521. The van der Waals surface area contributed by atoms with Gasteiger partial charge in [-0.2, -0.15) is 0 Å². The van der Waals surface area contributed by atoms with Crippen LogP contribution in [0.15, 0.2) is 54.6 Å². The summed E-state index contributed by atoms with van der Waals surface area (Å²) < 4.78 is 2.08. The van der Waals surface area contributed by atoms with Crippen LogP contribution in [0.5, 0.6) is 0 Å². The predicted octanol–water partition coefficient (Wildman–Crippen LogP) is 4.30. The zero-order valence-corrected chi connectivity index (χ0v) is 16.9. The van der Waals surface area contributed by atoms with Gasteiger partial charge in [0.15, 0.2) is 0 Å². The molecule has 1 fully saturated rings. The molecule has 5 rings (SSSR count). The van der Waals surface area contributed by atoms with E-state index in [1.54, 1.807) is 0 Å². The van der Waals surface area contributed by atoms with E-state index in [4.69, 9.17) is 0 Å². The molecule has 1 saturated carbocycles. The van der Waals surface area contributed by atoms with Gasteiger partial charge in [0, 0.05) is 18.4 Å². The molecule has 0 atom stereocenters. The number of fused-ring (bicyclic) bond motifs is 1. The average molecular weight is 404 g/mol. The normalized spacial score (nSPS) is 14.8. The maximum atomic E-state index is 12.5. The number of hydrogen-bond donors (Lipinski definition) is 1. The van der Waals surface area contributed by atoms with Crippen molar-refractivity contribution in [3.8, 4) is 0 Å². The van der Waals surface area contributed by atoms with Gasteiger partial charge in [-0.1, -0.05) is 53.8 Å². The topological polar surface area (TPSA) is 72.7 Å². The molecule has 0 radical (unpaired) electrons. The molecule has 146 valence electrons. The molecule has 2 heterocycles. The van der Waals surface area contributed by atoms with Gasteiger partial charge < -0.3 is 9.88 Å². The summed E-state index contributed by atoms with van der Waals surface area (Å²) >= 11 is 1.48. The number of aromatic nitrogens is 4. The molecule has 29 heavy (non-hydrogen) atoms. The second kappa shape index (κ2) is 7.08. The number of carbonyl (C=O) groups is 1. The Hall–Kier alpha value is -3.06. The van der Waals surface area contributed by atoms with Gasteiger partial charge in [0.2, 0.25) is 11.0 Å². The van der Waals surface area contributed by atoms with Gasteiger partial charge in [-0.25, -0.2) is 4.98 Å². The van der Waals surface area contributed by atoms with E-state index in [0.717, 1.165) is 34.7 Å². The Labute approximate surface area is 172 Å². The Kier molecular flexibility index (Phi) is 4.39. The minimum atomic E-state index is -0.0607. The highest BCUT2D eigenvalue weighted by Gasteiger charge is 2.48. The molecule has 2 aromatic carbocycles. The number of nitrogens with zero attached hydrogens (tertiary/aromatic N) is 4. The Morgan fingerprint density at radius 3 is 2.66 bits per heavy atom. The highest BCUT2D eigenvalue weighted by molar-refractivity contribution is 7.15. The van der Waals surface area contributed by atoms with Gasteiger partial charge in [0.25, 0.3) is 0 Å². The number of amides is 1. The summed E-state index contributed by atoms with van der Waals surface area (Å²) in [7, 11) is 0. The number of imidazole rings is 1. The van der Waals surface area contributed by atoms with Crippen LogP contribution in [0.25, 0.3) is 11.0 Å². The second-order valence-corrected chi connectivity index (χ2v) is 8.44. The van der Waals surface area contributed by atoms with Crippen molar-refractivity contribution in [3.05, 3.63) is 71.0 Å². The van der Waals surface area contributed by atoms with Gasteiger partial charge in [-0.3, -0.25) is 4.79 Å². The number of rotatable bonds is 6. The monoisotopic (exact) mass is 403 g/mol. The van der Waals surface area contributed by atoms with Crippen LogP contribution in [-0.2, 0) is 16.8 Å². The van der Waals surface area contributed by atoms with E-state index in [1.165, 1.54) is 16.9 Å². The summed E-state index contributed by atoms with van der Waals surface area (Å²) in [6, 6.07) is 18.4.